The molecule has 2 aromatic rings. The Bertz CT molecular complexity index is 609. The van der Waals surface area contributed by atoms with Crippen LogP contribution < -0.4 is 5.32 Å². The molecule has 2 rings (SSSR count). The van der Waals surface area contributed by atoms with E-state index in [-0.39, 0.29) is 5.91 Å². The first-order chi connectivity index (χ1) is 8.47. The number of halogens is 3. The maximum Gasteiger partial charge on any atom is 0.257 e. The molecule has 0 spiro atoms. The van der Waals surface area contributed by atoms with Crippen molar-refractivity contribution in [2.75, 3.05) is 5.32 Å². The first kappa shape index (κ1) is 14.2. The predicted molar refractivity (Wildman–Crippen MR) is 86.6 cm³/mol. The molecule has 0 bridgehead atoms. The maximum absolute atomic E-state index is 12.1. The molecular weight excluding hydrogens is 446 g/mol. The zero-order valence-corrected chi connectivity index (χ0v) is 14.8. The average molecular weight is 454 g/mol. The highest BCUT2D eigenvalue weighted by Gasteiger charge is 2.14. The second-order valence-electron chi connectivity index (χ2n) is 3.66. The molecule has 1 amide bonds. The van der Waals surface area contributed by atoms with Crippen LogP contribution in [-0.2, 0) is 0 Å². The van der Waals surface area contributed by atoms with Gasteiger partial charge in [0.25, 0.3) is 5.91 Å². The standard InChI is InChI=1S/C12H8Br3NOS/c1-6-2-3-7(4-9(6)13)16-12(17)8-5-10(14)18-11(8)15/h2-5H,1H3,(H,16,17). The van der Waals surface area contributed by atoms with Gasteiger partial charge in [-0.2, -0.15) is 0 Å². The number of amides is 1. The minimum Gasteiger partial charge on any atom is -0.322 e. The van der Waals surface area contributed by atoms with E-state index in [1.807, 2.05) is 25.1 Å². The van der Waals surface area contributed by atoms with Crippen molar-refractivity contribution in [2.24, 2.45) is 0 Å². The smallest absolute Gasteiger partial charge is 0.257 e. The van der Waals surface area contributed by atoms with Crippen LogP contribution in [0.15, 0.2) is 36.3 Å². The third-order valence-electron chi connectivity index (χ3n) is 2.33. The van der Waals surface area contributed by atoms with Crippen molar-refractivity contribution in [3.63, 3.8) is 0 Å². The number of carbonyl (C=O) groups is 1. The summed E-state index contributed by atoms with van der Waals surface area (Å²) in [6.45, 7) is 2.00. The third-order valence-corrected chi connectivity index (χ3v) is 5.52. The number of carbonyl (C=O) groups excluding carboxylic acids is 1. The quantitative estimate of drug-likeness (QED) is 0.630. The van der Waals surface area contributed by atoms with E-state index in [9.17, 15) is 4.79 Å². The fourth-order valence-corrected chi connectivity index (χ4v) is 4.54. The summed E-state index contributed by atoms with van der Waals surface area (Å²) < 4.78 is 2.72. The molecule has 1 aromatic carbocycles. The van der Waals surface area contributed by atoms with Crippen LogP contribution in [0.4, 0.5) is 5.69 Å². The summed E-state index contributed by atoms with van der Waals surface area (Å²) in [5.41, 5.74) is 2.53. The first-order valence-corrected chi connectivity index (χ1v) is 8.19. The summed E-state index contributed by atoms with van der Waals surface area (Å²) in [7, 11) is 0. The molecule has 0 saturated carbocycles. The highest BCUT2D eigenvalue weighted by atomic mass is 79.9. The number of anilines is 1. The van der Waals surface area contributed by atoms with Crippen molar-refractivity contribution in [1.29, 1.82) is 0 Å². The summed E-state index contributed by atoms with van der Waals surface area (Å²) in [4.78, 5) is 12.1. The van der Waals surface area contributed by atoms with E-state index in [0.29, 0.717) is 5.56 Å². The Morgan fingerprint density at radius 1 is 1.22 bits per heavy atom. The highest BCUT2D eigenvalue weighted by molar-refractivity contribution is 9.12. The Kier molecular flexibility index (Phi) is 4.64. The maximum atomic E-state index is 12.1. The Labute approximate surface area is 134 Å². The molecular formula is C12H8Br3NOS. The SMILES string of the molecule is Cc1ccc(NC(=O)c2cc(Br)sc2Br)cc1Br. The highest BCUT2D eigenvalue weighted by Crippen LogP contribution is 2.32. The van der Waals surface area contributed by atoms with Crippen LogP contribution in [0.1, 0.15) is 15.9 Å². The summed E-state index contributed by atoms with van der Waals surface area (Å²) in [5, 5.41) is 2.87. The van der Waals surface area contributed by atoms with Gasteiger partial charge in [-0.1, -0.05) is 22.0 Å². The van der Waals surface area contributed by atoms with Crippen LogP contribution in [0, 0.1) is 6.92 Å². The second kappa shape index (κ2) is 5.86. The van der Waals surface area contributed by atoms with Gasteiger partial charge in [0.15, 0.2) is 0 Å². The van der Waals surface area contributed by atoms with Gasteiger partial charge < -0.3 is 5.32 Å². The predicted octanol–water partition coefficient (Wildman–Crippen LogP) is 5.60. The second-order valence-corrected chi connectivity index (χ2v) is 8.26. The van der Waals surface area contributed by atoms with Crippen molar-refractivity contribution in [3.8, 4) is 0 Å². The van der Waals surface area contributed by atoms with Crippen LogP contribution in [0.5, 0.6) is 0 Å². The number of thiophene rings is 1. The lowest BCUT2D eigenvalue weighted by atomic mass is 10.2. The summed E-state index contributed by atoms with van der Waals surface area (Å²) >= 11 is 11.7. The molecule has 0 aliphatic carbocycles. The van der Waals surface area contributed by atoms with Crippen LogP contribution in [0.2, 0.25) is 0 Å². The number of nitrogens with one attached hydrogen (secondary N) is 1. The molecule has 18 heavy (non-hydrogen) atoms. The molecule has 0 atom stereocenters. The van der Waals surface area contributed by atoms with E-state index in [4.69, 9.17) is 0 Å². The molecule has 1 heterocycles. The zero-order valence-electron chi connectivity index (χ0n) is 9.26. The summed E-state index contributed by atoms with van der Waals surface area (Å²) in [5.74, 6) is -0.125. The van der Waals surface area contributed by atoms with Crippen molar-refractivity contribution >= 4 is 70.7 Å². The number of aryl methyl sites for hydroxylation is 1. The van der Waals surface area contributed by atoms with Crippen LogP contribution in [0.3, 0.4) is 0 Å². The number of hydrogen-bond acceptors (Lipinski definition) is 2. The van der Waals surface area contributed by atoms with Gasteiger partial charge in [-0.25, -0.2) is 0 Å². The normalized spacial score (nSPS) is 10.4. The minimum absolute atomic E-state index is 0.125. The van der Waals surface area contributed by atoms with Crippen LogP contribution in [-0.4, -0.2) is 5.91 Å². The molecule has 94 valence electrons. The van der Waals surface area contributed by atoms with Crippen molar-refractivity contribution in [2.45, 2.75) is 6.92 Å². The fourth-order valence-electron chi connectivity index (χ4n) is 1.36. The van der Waals surface area contributed by atoms with Gasteiger partial charge in [0, 0.05) is 10.2 Å². The van der Waals surface area contributed by atoms with Gasteiger partial charge in [0.1, 0.15) is 0 Å². The molecule has 0 saturated heterocycles. The molecule has 0 radical (unpaired) electrons. The first-order valence-electron chi connectivity index (χ1n) is 4.99. The number of rotatable bonds is 2. The molecule has 0 aliphatic heterocycles. The lowest BCUT2D eigenvalue weighted by Crippen LogP contribution is -2.11. The van der Waals surface area contributed by atoms with Crippen LogP contribution in [0.25, 0.3) is 0 Å². The van der Waals surface area contributed by atoms with E-state index < -0.39 is 0 Å². The number of benzene rings is 1. The van der Waals surface area contributed by atoms with Gasteiger partial charge in [-0.15, -0.1) is 11.3 Å². The van der Waals surface area contributed by atoms with Gasteiger partial charge in [0.05, 0.1) is 13.1 Å². The summed E-state index contributed by atoms with van der Waals surface area (Å²) in [6.07, 6.45) is 0. The third kappa shape index (κ3) is 3.23. The van der Waals surface area contributed by atoms with Gasteiger partial charge in [0.2, 0.25) is 0 Å². The Balaban J connectivity index is 2.21. The van der Waals surface area contributed by atoms with Crippen molar-refractivity contribution in [3.05, 3.63) is 47.4 Å². The van der Waals surface area contributed by atoms with E-state index in [2.05, 4.69) is 53.1 Å². The topological polar surface area (TPSA) is 29.1 Å². The molecule has 0 aliphatic rings. The zero-order chi connectivity index (χ0) is 13.3. The fraction of sp³-hybridized carbons (Fsp3) is 0.0833. The molecule has 0 fully saturated rings. The van der Waals surface area contributed by atoms with E-state index >= 15 is 0 Å². The summed E-state index contributed by atoms with van der Waals surface area (Å²) in [6, 6.07) is 7.53. The van der Waals surface area contributed by atoms with E-state index in [1.54, 1.807) is 6.07 Å². The van der Waals surface area contributed by atoms with Gasteiger partial charge in [-0.05, 0) is 62.5 Å². The Hall–Kier alpha value is -0.170. The van der Waals surface area contributed by atoms with Crippen molar-refractivity contribution in [1.82, 2.24) is 0 Å². The Morgan fingerprint density at radius 2 is 1.94 bits per heavy atom. The molecule has 1 aromatic heterocycles. The monoisotopic (exact) mass is 451 g/mol. The largest absolute Gasteiger partial charge is 0.322 e. The van der Waals surface area contributed by atoms with Crippen molar-refractivity contribution < 1.29 is 4.79 Å². The van der Waals surface area contributed by atoms with E-state index in [0.717, 1.165) is 23.3 Å². The lowest BCUT2D eigenvalue weighted by Gasteiger charge is -2.06. The molecule has 0 unspecified atom stereocenters. The number of hydrogen-bond donors (Lipinski definition) is 1. The molecule has 1 N–H and O–H groups in total. The lowest BCUT2D eigenvalue weighted by molar-refractivity contribution is 0.102. The molecule has 2 nitrogen and oxygen atoms in total. The van der Waals surface area contributed by atoms with Gasteiger partial charge in [-0.3, -0.25) is 4.79 Å². The Morgan fingerprint density at radius 3 is 2.50 bits per heavy atom. The van der Waals surface area contributed by atoms with E-state index in [1.165, 1.54) is 11.3 Å². The van der Waals surface area contributed by atoms with Gasteiger partial charge >= 0.3 is 0 Å². The minimum atomic E-state index is -0.125. The molecule has 6 heteroatoms. The average Bonchev–Trinajstić information content (AvgIpc) is 2.63. The van der Waals surface area contributed by atoms with Crippen LogP contribution >= 0.6 is 59.1 Å².